The van der Waals surface area contributed by atoms with Gasteiger partial charge in [0.1, 0.15) is 18.2 Å². The summed E-state index contributed by atoms with van der Waals surface area (Å²) in [7, 11) is 0. The molecule has 106 valence electrons. The highest BCUT2D eigenvalue weighted by molar-refractivity contribution is 6.31. The largest absolute Gasteiger partial charge is 0.487 e. The van der Waals surface area contributed by atoms with Gasteiger partial charge in [0, 0.05) is 17.7 Å². The maximum Gasteiger partial charge on any atom is 0.141 e. The van der Waals surface area contributed by atoms with Gasteiger partial charge in [0.2, 0.25) is 0 Å². The minimum Gasteiger partial charge on any atom is -0.487 e. The molecule has 0 saturated carbocycles. The van der Waals surface area contributed by atoms with Gasteiger partial charge >= 0.3 is 0 Å². The Kier molecular flexibility index (Phi) is 4.93. The van der Waals surface area contributed by atoms with Gasteiger partial charge in [-0.2, -0.15) is 0 Å². The van der Waals surface area contributed by atoms with E-state index in [4.69, 9.17) is 22.1 Å². The molecule has 1 heterocycles. The lowest BCUT2D eigenvalue weighted by molar-refractivity contribution is 0.295. The quantitative estimate of drug-likeness (QED) is 0.921. The van der Waals surface area contributed by atoms with E-state index in [1.807, 2.05) is 19.1 Å². The predicted molar refractivity (Wildman–Crippen MR) is 77.5 cm³/mol. The molecule has 0 unspecified atom stereocenters. The van der Waals surface area contributed by atoms with Crippen molar-refractivity contribution < 1.29 is 9.13 Å². The van der Waals surface area contributed by atoms with Crippen LogP contribution in [-0.2, 0) is 13.0 Å². The Balaban J connectivity index is 2.18. The van der Waals surface area contributed by atoms with Crippen molar-refractivity contribution in [2.45, 2.75) is 20.0 Å². The molecular formula is C15H16ClFN2O. The van der Waals surface area contributed by atoms with Gasteiger partial charge in [-0.05, 0) is 37.7 Å². The number of aromatic nitrogens is 1. The Labute approximate surface area is 122 Å². The van der Waals surface area contributed by atoms with Crippen LogP contribution in [0.1, 0.15) is 17.0 Å². The van der Waals surface area contributed by atoms with E-state index in [9.17, 15) is 4.39 Å². The lowest BCUT2D eigenvalue weighted by Crippen LogP contribution is -2.08. The average molecular weight is 295 g/mol. The zero-order valence-electron chi connectivity index (χ0n) is 11.2. The van der Waals surface area contributed by atoms with Crippen molar-refractivity contribution in [3.63, 3.8) is 0 Å². The molecule has 0 atom stereocenters. The molecule has 0 aliphatic rings. The molecule has 0 amide bonds. The first-order valence-electron chi connectivity index (χ1n) is 6.34. The molecule has 0 radical (unpaired) electrons. The maximum atomic E-state index is 13.7. The highest BCUT2D eigenvalue weighted by Gasteiger charge is 2.10. The van der Waals surface area contributed by atoms with Gasteiger partial charge in [-0.1, -0.05) is 17.7 Å². The number of rotatable bonds is 5. The summed E-state index contributed by atoms with van der Waals surface area (Å²) in [6.45, 7) is 2.44. The fraction of sp³-hybridized carbons (Fsp3) is 0.267. The van der Waals surface area contributed by atoms with Crippen LogP contribution in [0.4, 0.5) is 4.39 Å². The molecule has 2 N–H and O–H groups in total. The molecule has 2 rings (SSSR count). The fourth-order valence-electron chi connectivity index (χ4n) is 1.87. The van der Waals surface area contributed by atoms with Crippen LogP contribution in [0.25, 0.3) is 0 Å². The standard InChI is InChI=1S/C15H16ClFN2O/c1-10-5-6-15(14(19-10)7-8-18)20-9-11-12(16)3-2-4-13(11)17/h2-6H,7-9,18H2,1H3. The molecule has 3 nitrogen and oxygen atoms in total. The summed E-state index contributed by atoms with van der Waals surface area (Å²) in [5.41, 5.74) is 7.57. The molecule has 1 aromatic heterocycles. The third kappa shape index (κ3) is 3.46. The second kappa shape index (κ2) is 6.68. The van der Waals surface area contributed by atoms with Crippen molar-refractivity contribution in [3.05, 3.63) is 58.1 Å². The summed E-state index contributed by atoms with van der Waals surface area (Å²) in [6, 6.07) is 8.23. The van der Waals surface area contributed by atoms with Crippen LogP contribution < -0.4 is 10.5 Å². The Morgan fingerprint density at radius 3 is 2.80 bits per heavy atom. The molecular weight excluding hydrogens is 279 g/mol. The number of nitrogens with zero attached hydrogens (tertiary/aromatic N) is 1. The molecule has 0 aliphatic heterocycles. The van der Waals surface area contributed by atoms with Gasteiger partial charge in [0.15, 0.2) is 0 Å². The topological polar surface area (TPSA) is 48.1 Å². The highest BCUT2D eigenvalue weighted by Crippen LogP contribution is 2.23. The van der Waals surface area contributed by atoms with E-state index in [1.54, 1.807) is 12.1 Å². The van der Waals surface area contributed by atoms with E-state index in [0.717, 1.165) is 11.4 Å². The lowest BCUT2D eigenvalue weighted by atomic mass is 10.2. The molecule has 0 aliphatic carbocycles. The summed E-state index contributed by atoms with van der Waals surface area (Å²) in [5.74, 6) is 0.235. The van der Waals surface area contributed by atoms with E-state index in [-0.39, 0.29) is 12.4 Å². The lowest BCUT2D eigenvalue weighted by Gasteiger charge is -2.12. The third-order valence-corrected chi connectivity index (χ3v) is 3.24. The number of hydrogen-bond donors (Lipinski definition) is 1. The van der Waals surface area contributed by atoms with Gasteiger partial charge in [-0.25, -0.2) is 4.39 Å². The number of benzene rings is 1. The second-order valence-electron chi connectivity index (χ2n) is 4.43. The van der Waals surface area contributed by atoms with E-state index in [0.29, 0.717) is 29.3 Å². The molecule has 2 aromatic rings. The monoisotopic (exact) mass is 294 g/mol. The number of halogens is 2. The molecule has 0 bridgehead atoms. The van der Waals surface area contributed by atoms with Gasteiger partial charge in [0.05, 0.1) is 10.7 Å². The average Bonchev–Trinajstić information content (AvgIpc) is 2.40. The minimum absolute atomic E-state index is 0.0633. The van der Waals surface area contributed by atoms with Crippen molar-refractivity contribution in [1.82, 2.24) is 4.98 Å². The number of nitrogens with two attached hydrogens (primary N) is 1. The first-order valence-corrected chi connectivity index (χ1v) is 6.72. The van der Waals surface area contributed by atoms with E-state index in [2.05, 4.69) is 4.98 Å². The van der Waals surface area contributed by atoms with Gasteiger partial charge in [0.25, 0.3) is 0 Å². The van der Waals surface area contributed by atoms with Crippen LogP contribution in [0, 0.1) is 12.7 Å². The highest BCUT2D eigenvalue weighted by atomic mass is 35.5. The summed E-state index contributed by atoms with van der Waals surface area (Å²) >= 11 is 5.97. The van der Waals surface area contributed by atoms with Crippen molar-refractivity contribution in [3.8, 4) is 5.75 Å². The van der Waals surface area contributed by atoms with Crippen LogP contribution in [0.3, 0.4) is 0 Å². The first-order chi connectivity index (χ1) is 9.61. The normalized spacial score (nSPS) is 10.6. The van der Waals surface area contributed by atoms with Crippen LogP contribution >= 0.6 is 11.6 Å². The van der Waals surface area contributed by atoms with Crippen molar-refractivity contribution >= 4 is 11.6 Å². The third-order valence-electron chi connectivity index (χ3n) is 2.89. The zero-order valence-corrected chi connectivity index (χ0v) is 12.0. The van der Waals surface area contributed by atoms with Gasteiger partial charge in [-0.3, -0.25) is 4.98 Å². The summed E-state index contributed by atoms with van der Waals surface area (Å²) in [5, 5.41) is 0.352. The zero-order chi connectivity index (χ0) is 14.5. The molecule has 0 saturated heterocycles. The number of aryl methyl sites for hydroxylation is 1. The summed E-state index contributed by atoms with van der Waals surface area (Å²) in [6.07, 6.45) is 0.613. The van der Waals surface area contributed by atoms with Crippen LogP contribution in [0.15, 0.2) is 30.3 Å². The minimum atomic E-state index is -0.377. The van der Waals surface area contributed by atoms with E-state index < -0.39 is 0 Å². The molecule has 5 heteroatoms. The van der Waals surface area contributed by atoms with Gasteiger partial charge < -0.3 is 10.5 Å². The number of pyridine rings is 1. The van der Waals surface area contributed by atoms with Crippen molar-refractivity contribution in [2.24, 2.45) is 5.73 Å². The van der Waals surface area contributed by atoms with Crippen LogP contribution in [-0.4, -0.2) is 11.5 Å². The number of hydrogen-bond acceptors (Lipinski definition) is 3. The molecule has 0 fully saturated rings. The Hall–Kier alpha value is -1.65. The fourth-order valence-corrected chi connectivity index (χ4v) is 2.08. The second-order valence-corrected chi connectivity index (χ2v) is 4.83. The van der Waals surface area contributed by atoms with E-state index >= 15 is 0 Å². The van der Waals surface area contributed by atoms with Crippen molar-refractivity contribution in [2.75, 3.05) is 6.54 Å². The first kappa shape index (κ1) is 14.8. The molecule has 1 aromatic carbocycles. The van der Waals surface area contributed by atoms with Crippen LogP contribution in [0.5, 0.6) is 5.75 Å². The smallest absolute Gasteiger partial charge is 0.141 e. The van der Waals surface area contributed by atoms with Crippen LogP contribution in [0.2, 0.25) is 5.02 Å². The summed E-state index contributed by atoms with van der Waals surface area (Å²) in [4.78, 5) is 4.39. The maximum absolute atomic E-state index is 13.7. The van der Waals surface area contributed by atoms with E-state index in [1.165, 1.54) is 6.07 Å². The van der Waals surface area contributed by atoms with Gasteiger partial charge in [-0.15, -0.1) is 0 Å². The Bertz CT molecular complexity index is 584. The number of ether oxygens (including phenoxy) is 1. The SMILES string of the molecule is Cc1ccc(OCc2c(F)cccc2Cl)c(CCN)n1. The van der Waals surface area contributed by atoms with Crippen molar-refractivity contribution in [1.29, 1.82) is 0 Å². The Morgan fingerprint density at radius 1 is 1.30 bits per heavy atom. The predicted octanol–water partition coefficient (Wildman–Crippen LogP) is 3.26. The summed E-state index contributed by atoms with van der Waals surface area (Å²) < 4.78 is 19.3. The molecule has 0 spiro atoms. The Morgan fingerprint density at radius 2 is 2.10 bits per heavy atom. The molecule has 20 heavy (non-hydrogen) atoms.